The molecule has 1 N–H and O–H groups in total. The fourth-order valence-corrected chi connectivity index (χ4v) is 3.66. The summed E-state index contributed by atoms with van der Waals surface area (Å²) in [6.07, 6.45) is 5.51. The molecule has 134 valence electrons. The second kappa shape index (κ2) is 7.63. The van der Waals surface area contributed by atoms with Gasteiger partial charge < -0.3 is 9.84 Å². The molecule has 1 aliphatic rings. The number of hydrogen-bond acceptors (Lipinski definition) is 5. The Hall–Kier alpha value is -3.12. The lowest BCUT2D eigenvalue weighted by molar-refractivity contribution is 0.0697. The van der Waals surface area contributed by atoms with Gasteiger partial charge in [0.25, 0.3) is 0 Å². The summed E-state index contributed by atoms with van der Waals surface area (Å²) in [6, 6.07) is 14.8. The van der Waals surface area contributed by atoms with Crippen LogP contribution in [0.2, 0.25) is 0 Å². The van der Waals surface area contributed by atoms with Crippen LogP contribution in [-0.2, 0) is 6.61 Å². The topological polar surface area (TPSA) is 72.3 Å². The number of carboxylic acid groups (broad SMARTS) is 1. The Morgan fingerprint density at radius 1 is 1.11 bits per heavy atom. The quantitative estimate of drug-likeness (QED) is 0.541. The van der Waals surface area contributed by atoms with Crippen LogP contribution in [0.3, 0.4) is 0 Å². The van der Waals surface area contributed by atoms with Crippen LogP contribution in [0.15, 0.2) is 72.2 Å². The highest BCUT2D eigenvalue weighted by Crippen LogP contribution is 2.37. The van der Waals surface area contributed by atoms with Crippen LogP contribution < -0.4 is 4.74 Å². The van der Waals surface area contributed by atoms with Crippen molar-refractivity contribution in [3.05, 3.63) is 89.3 Å². The smallest absolute Gasteiger partial charge is 0.335 e. The van der Waals surface area contributed by atoms with Crippen LogP contribution >= 0.6 is 11.8 Å². The molecule has 0 spiro atoms. The molecule has 0 fully saturated rings. The third-order valence-electron chi connectivity index (χ3n) is 4.25. The van der Waals surface area contributed by atoms with Crippen LogP contribution in [-0.4, -0.2) is 26.8 Å². The molecule has 5 nitrogen and oxygen atoms in total. The highest BCUT2D eigenvalue weighted by molar-refractivity contribution is 7.99. The van der Waals surface area contributed by atoms with E-state index in [0.717, 1.165) is 22.3 Å². The fraction of sp³-hybridized carbons (Fsp3) is 0.0952. The Morgan fingerprint density at radius 2 is 1.93 bits per heavy atom. The molecule has 3 aromatic rings. The van der Waals surface area contributed by atoms with Gasteiger partial charge in [-0.05, 0) is 41.0 Å². The van der Waals surface area contributed by atoms with E-state index in [1.165, 1.54) is 11.8 Å². The van der Waals surface area contributed by atoms with Gasteiger partial charge in [0.05, 0.1) is 5.56 Å². The summed E-state index contributed by atoms with van der Waals surface area (Å²) in [4.78, 5) is 19.9. The average molecular weight is 376 g/mol. The van der Waals surface area contributed by atoms with Crippen molar-refractivity contribution in [2.24, 2.45) is 0 Å². The van der Waals surface area contributed by atoms with Crippen molar-refractivity contribution in [2.45, 2.75) is 11.8 Å². The summed E-state index contributed by atoms with van der Waals surface area (Å²) >= 11 is 1.52. The molecule has 0 amide bonds. The standard InChI is InChI=1S/C21H16N2O3S/c24-20(25)14-6-7-19-18(12-14)17(8-11-27-21-22-9-3-10-23-21)16-5-2-1-4-15(16)13-26-19/h1-10,12H,11,13H2,(H,24,25). The van der Waals surface area contributed by atoms with E-state index in [0.29, 0.717) is 23.3 Å². The van der Waals surface area contributed by atoms with E-state index < -0.39 is 5.97 Å². The average Bonchev–Trinajstić information content (AvgIpc) is 2.86. The lowest BCUT2D eigenvalue weighted by Crippen LogP contribution is -1.99. The molecule has 1 aliphatic heterocycles. The first-order chi connectivity index (χ1) is 13.2. The first-order valence-electron chi connectivity index (χ1n) is 8.41. The zero-order chi connectivity index (χ0) is 18.6. The molecule has 0 saturated heterocycles. The van der Waals surface area contributed by atoms with Crippen LogP contribution in [0.1, 0.15) is 27.0 Å². The van der Waals surface area contributed by atoms with Crippen LogP contribution in [0, 0.1) is 0 Å². The monoisotopic (exact) mass is 376 g/mol. The highest BCUT2D eigenvalue weighted by Gasteiger charge is 2.20. The van der Waals surface area contributed by atoms with E-state index in [1.807, 2.05) is 24.3 Å². The van der Waals surface area contributed by atoms with Crippen molar-refractivity contribution in [2.75, 3.05) is 5.75 Å². The Kier molecular flexibility index (Phi) is 4.89. The number of carboxylic acids is 1. The van der Waals surface area contributed by atoms with Gasteiger partial charge in [-0.25, -0.2) is 14.8 Å². The number of aromatic nitrogens is 2. The van der Waals surface area contributed by atoms with Crippen molar-refractivity contribution in [3.63, 3.8) is 0 Å². The SMILES string of the molecule is O=C(O)c1ccc2c(c1)C(=CCSc1ncccn1)c1ccccc1CO2. The zero-order valence-corrected chi connectivity index (χ0v) is 15.1. The van der Waals surface area contributed by atoms with E-state index in [1.54, 1.807) is 36.7 Å². The van der Waals surface area contributed by atoms with Gasteiger partial charge in [-0.3, -0.25) is 0 Å². The van der Waals surface area contributed by atoms with Crippen LogP contribution in [0.5, 0.6) is 5.75 Å². The second-order valence-corrected chi connectivity index (χ2v) is 6.91. The fourth-order valence-electron chi connectivity index (χ4n) is 2.99. The maximum atomic E-state index is 11.4. The molecule has 0 saturated carbocycles. The largest absolute Gasteiger partial charge is 0.488 e. The lowest BCUT2D eigenvalue weighted by Gasteiger charge is -2.11. The summed E-state index contributed by atoms with van der Waals surface area (Å²) in [5.41, 5.74) is 4.10. The maximum Gasteiger partial charge on any atom is 0.335 e. The zero-order valence-electron chi connectivity index (χ0n) is 14.3. The first-order valence-corrected chi connectivity index (χ1v) is 9.40. The maximum absolute atomic E-state index is 11.4. The number of carbonyl (C=O) groups is 1. The summed E-state index contributed by atoms with van der Waals surface area (Å²) in [5.74, 6) is 0.384. The minimum atomic E-state index is -0.957. The van der Waals surface area contributed by atoms with E-state index in [9.17, 15) is 9.90 Å². The van der Waals surface area contributed by atoms with E-state index >= 15 is 0 Å². The summed E-state index contributed by atoms with van der Waals surface area (Å²) in [6.45, 7) is 0.446. The Morgan fingerprint density at radius 3 is 2.74 bits per heavy atom. The minimum absolute atomic E-state index is 0.238. The Labute approximate surface area is 160 Å². The van der Waals surface area contributed by atoms with Gasteiger partial charge in [-0.1, -0.05) is 42.1 Å². The van der Waals surface area contributed by atoms with Gasteiger partial charge in [-0.2, -0.15) is 0 Å². The molecule has 2 aromatic carbocycles. The predicted octanol–water partition coefficient (Wildman–Crippen LogP) is 4.29. The highest BCUT2D eigenvalue weighted by atomic mass is 32.2. The molecule has 6 heteroatoms. The number of benzene rings is 2. The molecule has 0 atom stereocenters. The second-order valence-electron chi connectivity index (χ2n) is 5.92. The van der Waals surface area contributed by atoms with Gasteiger partial charge in [0.1, 0.15) is 12.4 Å². The first kappa shape index (κ1) is 17.3. The third kappa shape index (κ3) is 3.71. The molecule has 0 radical (unpaired) electrons. The number of hydrogen-bond donors (Lipinski definition) is 1. The van der Waals surface area contributed by atoms with Gasteiger partial charge in [0, 0.05) is 23.7 Å². The van der Waals surface area contributed by atoms with E-state index in [-0.39, 0.29) is 5.56 Å². The number of ether oxygens (including phenoxy) is 1. The summed E-state index contributed by atoms with van der Waals surface area (Å²) < 4.78 is 5.94. The molecule has 0 bridgehead atoms. The van der Waals surface area contributed by atoms with Gasteiger partial charge in [0.15, 0.2) is 5.16 Å². The molecule has 0 unspecified atom stereocenters. The van der Waals surface area contributed by atoms with Gasteiger partial charge >= 0.3 is 5.97 Å². The van der Waals surface area contributed by atoms with Crippen molar-refractivity contribution < 1.29 is 14.6 Å². The Bertz CT molecular complexity index is 1020. The van der Waals surface area contributed by atoms with Crippen molar-refractivity contribution in [1.29, 1.82) is 0 Å². The molecule has 2 heterocycles. The normalized spacial score (nSPS) is 14.0. The molecule has 27 heavy (non-hydrogen) atoms. The Balaban J connectivity index is 1.77. The van der Waals surface area contributed by atoms with Gasteiger partial charge in [-0.15, -0.1) is 0 Å². The molecule has 0 aliphatic carbocycles. The van der Waals surface area contributed by atoms with Crippen LogP contribution in [0.25, 0.3) is 5.57 Å². The molecule has 4 rings (SSSR count). The number of aromatic carboxylic acids is 1. The lowest BCUT2D eigenvalue weighted by atomic mass is 9.93. The molecular formula is C21H16N2O3S. The van der Waals surface area contributed by atoms with E-state index in [4.69, 9.17) is 4.74 Å². The summed E-state index contributed by atoms with van der Waals surface area (Å²) in [7, 11) is 0. The number of fused-ring (bicyclic) bond motifs is 2. The number of rotatable bonds is 4. The number of nitrogens with zero attached hydrogens (tertiary/aromatic N) is 2. The van der Waals surface area contributed by atoms with Crippen molar-refractivity contribution >= 4 is 23.3 Å². The van der Waals surface area contributed by atoms with Crippen molar-refractivity contribution in [1.82, 2.24) is 9.97 Å². The van der Waals surface area contributed by atoms with Gasteiger partial charge in [0.2, 0.25) is 0 Å². The number of thioether (sulfide) groups is 1. The van der Waals surface area contributed by atoms with Crippen molar-refractivity contribution in [3.8, 4) is 5.75 Å². The predicted molar refractivity (Wildman–Crippen MR) is 104 cm³/mol. The molecular weight excluding hydrogens is 360 g/mol. The van der Waals surface area contributed by atoms with E-state index in [2.05, 4.69) is 16.0 Å². The van der Waals surface area contributed by atoms with Crippen LogP contribution in [0.4, 0.5) is 0 Å². The molecule has 1 aromatic heterocycles. The minimum Gasteiger partial charge on any atom is -0.488 e. The summed E-state index contributed by atoms with van der Waals surface area (Å²) in [5, 5.41) is 10.1. The third-order valence-corrected chi connectivity index (χ3v) is 5.05.